The first-order chi connectivity index (χ1) is 8.81. The summed E-state index contributed by atoms with van der Waals surface area (Å²) in [6, 6.07) is 10.1. The van der Waals surface area contributed by atoms with Crippen molar-refractivity contribution < 1.29 is 8.81 Å². The average molecular weight is 242 g/mol. The van der Waals surface area contributed by atoms with E-state index in [1.165, 1.54) is 12.1 Å². The van der Waals surface area contributed by atoms with Crippen molar-refractivity contribution in [3.63, 3.8) is 0 Å². The molecule has 1 aromatic carbocycles. The van der Waals surface area contributed by atoms with Gasteiger partial charge in [0.2, 0.25) is 0 Å². The van der Waals surface area contributed by atoms with Crippen LogP contribution in [0.3, 0.4) is 0 Å². The summed E-state index contributed by atoms with van der Waals surface area (Å²) in [5.74, 6) is 0.442. The molecule has 0 radical (unpaired) electrons. The minimum Gasteiger partial charge on any atom is -0.439 e. The van der Waals surface area contributed by atoms with Gasteiger partial charge in [-0.1, -0.05) is 12.1 Å². The molecule has 0 aliphatic carbocycles. The Morgan fingerprint density at radius 1 is 1.06 bits per heavy atom. The van der Waals surface area contributed by atoms with Crippen molar-refractivity contribution in [2.45, 2.75) is 12.8 Å². The highest BCUT2D eigenvalue weighted by atomic mass is 19.1. The Labute approximate surface area is 103 Å². The van der Waals surface area contributed by atoms with Crippen LogP contribution in [0.5, 0.6) is 0 Å². The Kier molecular flexibility index (Phi) is 2.76. The van der Waals surface area contributed by atoms with Crippen LogP contribution in [-0.4, -0.2) is 9.97 Å². The molecule has 0 saturated carbocycles. The smallest absolute Gasteiger partial charge is 0.198 e. The third-order valence-corrected chi connectivity index (χ3v) is 2.75. The maximum Gasteiger partial charge on any atom is 0.198 e. The fraction of sp³-hybridized carbons (Fsp3) is 0.143. The molecule has 3 rings (SSSR count). The van der Waals surface area contributed by atoms with E-state index in [1.807, 2.05) is 12.1 Å². The number of nitrogens with zero attached hydrogens (tertiary/aromatic N) is 2. The van der Waals surface area contributed by atoms with Crippen LogP contribution in [0.1, 0.15) is 11.5 Å². The van der Waals surface area contributed by atoms with Gasteiger partial charge in [0, 0.05) is 12.6 Å². The van der Waals surface area contributed by atoms with Crippen molar-refractivity contribution in [2.75, 3.05) is 0 Å². The van der Waals surface area contributed by atoms with Crippen LogP contribution in [0.4, 0.5) is 4.39 Å². The first kappa shape index (κ1) is 10.9. The zero-order chi connectivity index (χ0) is 12.4. The molecule has 2 heterocycles. The van der Waals surface area contributed by atoms with Gasteiger partial charge in [-0.15, -0.1) is 0 Å². The van der Waals surface area contributed by atoms with Gasteiger partial charge in [0.05, 0.1) is 0 Å². The molecule has 0 saturated heterocycles. The summed E-state index contributed by atoms with van der Waals surface area (Å²) in [7, 11) is 0. The highest BCUT2D eigenvalue weighted by molar-refractivity contribution is 5.66. The average Bonchev–Trinajstić information content (AvgIpc) is 2.81. The van der Waals surface area contributed by atoms with Crippen molar-refractivity contribution in [1.82, 2.24) is 9.97 Å². The second-order valence-electron chi connectivity index (χ2n) is 4.06. The maximum absolute atomic E-state index is 12.8. The second-order valence-corrected chi connectivity index (χ2v) is 4.06. The van der Waals surface area contributed by atoms with E-state index < -0.39 is 0 Å². The highest BCUT2D eigenvalue weighted by Gasteiger charge is 2.06. The molecule has 0 aliphatic rings. The molecule has 0 spiro atoms. The minimum absolute atomic E-state index is 0.218. The molecule has 3 nitrogen and oxygen atoms in total. The molecule has 18 heavy (non-hydrogen) atoms. The number of rotatable bonds is 3. The lowest BCUT2D eigenvalue weighted by molar-refractivity contribution is 0.528. The van der Waals surface area contributed by atoms with Gasteiger partial charge in [0.25, 0.3) is 0 Å². The van der Waals surface area contributed by atoms with E-state index in [0.29, 0.717) is 23.5 Å². The van der Waals surface area contributed by atoms with Crippen molar-refractivity contribution in [3.8, 4) is 0 Å². The number of hydrogen-bond donors (Lipinski definition) is 0. The minimum atomic E-state index is -0.218. The Morgan fingerprint density at radius 2 is 1.89 bits per heavy atom. The molecule has 2 aromatic heterocycles. The third kappa shape index (κ3) is 2.22. The van der Waals surface area contributed by atoms with Gasteiger partial charge in [-0.2, -0.15) is 4.98 Å². The molecule has 3 aromatic rings. The van der Waals surface area contributed by atoms with E-state index in [0.717, 1.165) is 12.0 Å². The first-order valence-corrected chi connectivity index (χ1v) is 5.76. The monoisotopic (exact) mass is 242 g/mol. The quantitative estimate of drug-likeness (QED) is 0.708. The number of aryl methyl sites for hydroxylation is 2. The number of fused-ring (bicyclic) bond motifs is 1. The van der Waals surface area contributed by atoms with Gasteiger partial charge in [0.1, 0.15) is 5.82 Å². The van der Waals surface area contributed by atoms with Crippen molar-refractivity contribution in [2.24, 2.45) is 0 Å². The number of hydrogen-bond acceptors (Lipinski definition) is 3. The number of aromatic nitrogens is 2. The van der Waals surface area contributed by atoms with Gasteiger partial charge < -0.3 is 4.42 Å². The van der Waals surface area contributed by atoms with Crippen LogP contribution in [0.25, 0.3) is 11.2 Å². The van der Waals surface area contributed by atoms with Crippen LogP contribution in [0.2, 0.25) is 0 Å². The summed E-state index contributed by atoms with van der Waals surface area (Å²) in [6.07, 6.45) is 3.14. The maximum atomic E-state index is 12.8. The Hall–Kier alpha value is -2.23. The predicted molar refractivity (Wildman–Crippen MR) is 65.6 cm³/mol. The Morgan fingerprint density at radius 3 is 2.67 bits per heavy atom. The number of benzene rings is 1. The molecule has 0 unspecified atom stereocenters. The van der Waals surface area contributed by atoms with Crippen LogP contribution in [0, 0.1) is 5.82 Å². The molecule has 0 amide bonds. The largest absolute Gasteiger partial charge is 0.439 e. The molecule has 4 heteroatoms. The lowest BCUT2D eigenvalue weighted by Crippen LogP contribution is -1.91. The molecule has 0 aliphatic heterocycles. The van der Waals surface area contributed by atoms with E-state index in [9.17, 15) is 4.39 Å². The van der Waals surface area contributed by atoms with Gasteiger partial charge in [-0.05, 0) is 36.2 Å². The molecule has 0 atom stereocenters. The van der Waals surface area contributed by atoms with Crippen molar-refractivity contribution in [1.29, 1.82) is 0 Å². The normalized spacial score (nSPS) is 10.9. The van der Waals surface area contributed by atoms with Crippen molar-refractivity contribution >= 4 is 11.2 Å². The summed E-state index contributed by atoms with van der Waals surface area (Å²) in [4.78, 5) is 8.41. The van der Waals surface area contributed by atoms with Crippen LogP contribution in [0.15, 0.2) is 47.0 Å². The molecule has 0 bridgehead atoms. The molecular weight excluding hydrogens is 231 g/mol. The summed E-state index contributed by atoms with van der Waals surface area (Å²) < 4.78 is 18.3. The van der Waals surface area contributed by atoms with Gasteiger partial charge in [0.15, 0.2) is 17.1 Å². The zero-order valence-corrected chi connectivity index (χ0v) is 9.64. The number of pyridine rings is 1. The highest BCUT2D eigenvalue weighted by Crippen LogP contribution is 2.14. The van der Waals surface area contributed by atoms with E-state index in [2.05, 4.69) is 9.97 Å². The zero-order valence-electron chi connectivity index (χ0n) is 9.64. The SMILES string of the molecule is Fc1ccc(CCc2nc3ncccc3o2)cc1. The lowest BCUT2D eigenvalue weighted by atomic mass is 10.1. The summed E-state index contributed by atoms with van der Waals surface area (Å²) in [5.41, 5.74) is 2.39. The van der Waals surface area contributed by atoms with Crippen LogP contribution < -0.4 is 0 Å². The lowest BCUT2D eigenvalue weighted by Gasteiger charge is -1.97. The topological polar surface area (TPSA) is 38.9 Å². The Bertz CT molecular complexity index is 628. The molecular formula is C14H11FN2O. The third-order valence-electron chi connectivity index (χ3n) is 2.75. The van der Waals surface area contributed by atoms with E-state index in [1.54, 1.807) is 18.3 Å². The van der Waals surface area contributed by atoms with E-state index in [-0.39, 0.29) is 5.82 Å². The number of halogens is 1. The standard InChI is InChI=1S/C14H11FN2O/c15-11-6-3-10(4-7-11)5-8-13-17-14-12(18-13)2-1-9-16-14/h1-4,6-7,9H,5,8H2. The summed E-state index contributed by atoms with van der Waals surface area (Å²) in [5, 5.41) is 0. The first-order valence-electron chi connectivity index (χ1n) is 5.76. The van der Waals surface area contributed by atoms with Crippen molar-refractivity contribution in [3.05, 3.63) is 59.9 Å². The molecule has 0 N–H and O–H groups in total. The predicted octanol–water partition coefficient (Wildman–Crippen LogP) is 3.15. The fourth-order valence-electron chi connectivity index (χ4n) is 1.82. The number of oxazole rings is 1. The van der Waals surface area contributed by atoms with Gasteiger partial charge in [-0.25, -0.2) is 9.37 Å². The molecule has 0 fully saturated rings. The van der Waals surface area contributed by atoms with Crippen LogP contribution in [-0.2, 0) is 12.8 Å². The van der Waals surface area contributed by atoms with E-state index in [4.69, 9.17) is 4.42 Å². The summed E-state index contributed by atoms with van der Waals surface area (Å²) in [6.45, 7) is 0. The van der Waals surface area contributed by atoms with Gasteiger partial charge >= 0.3 is 0 Å². The van der Waals surface area contributed by atoms with Gasteiger partial charge in [-0.3, -0.25) is 0 Å². The Balaban J connectivity index is 1.74. The fourth-order valence-corrected chi connectivity index (χ4v) is 1.82. The second kappa shape index (κ2) is 4.56. The van der Waals surface area contributed by atoms with Crippen LogP contribution >= 0.6 is 0 Å². The molecule has 90 valence electrons. The summed E-state index contributed by atoms with van der Waals surface area (Å²) >= 11 is 0. The van der Waals surface area contributed by atoms with E-state index >= 15 is 0 Å².